The van der Waals surface area contributed by atoms with Gasteiger partial charge < -0.3 is 22.1 Å². The van der Waals surface area contributed by atoms with Crippen LogP contribution in [0.5, 0.6) is 0 Å². The van der Waals surface area contributed by atoms with E-state index in [1.54, 1.807) is 0 Å². The molecule has 1 aromatic carbocycles. The molecule has 2 rings (SSSR count). The third-order valence-electron chi connectivity index (χ3n) is 2.48. The van der Waals surface area contributed by atoms with Gasteiger partial charge >= 0.3 is 0 Å². The maximum absolute atomic E-state index is 11.7. The van der Waals surface area contributed by atoms with E-state index in [1.165, 1.54) is 0 Å². The number of hydrogen-bond donors (Lipinski definition) is 5. The molecular formula is C12H14N6OS. The maximum atomic E-state index is 11.7. The van der Waals surface area contributed by atoms with Gasteiger partial charge in [0.1, 0.15) is 5.69 Å². The van der Waals surface area contributed by atoms with Gasteiger partial charge in [-0.05, 0) is 36.8 Å². The van der Waals surface area contributed by atoms with Gasteiger partial charge in [0.2, 0.25) is 5.95 Å². The molecule has 0 saturated carbocycles. The highest BCUT2D eigenvalue weighted by molar-refractivity contribution is 7.80. The molecule has 0 atom stereocenters. The van der Waals surface area contributed by atoms with Crippen LogP contribution in [0.1, 0.15) is 5.56 Å². The Morgan fingerprint density at radius 1 is 1.35 bits per heavy atom. The Bertz CT molecular complexity index is 711. The predicted octanol–water partition coefficient (Wildman–Crippen LogP) is 1.05. The third-order valence-corrected chi connectivity index (χ3v) is 2.68. The van der Waals surface area contributed by atoms with Crippen LogP contribution in [0.3, 0.4) is 0 Å². The molecule has 2 aromatic rings. The summed E-state index contributed by atoms with van der Waals surface area (Å²) in [6.45, 7) is 1.97. The van der Waals surface area contributed by atoms with Crippen LogP contribution in [0.2, 0.25) is 0 Å². The second-order valence-corrected chi connectivity index (χ2v) is 4.57. The molecule has 20 heavy (non-hydrogen) atoms. The first-order valence-corrected chi connectivity index (χ1v) is 6.16. The number of rotatable bonds is 2. The quantitative estimate of drug-likeness (QED) is 0.524. The van der Waals surface area contributed by atoms with E-state index in [2.05, 4.69) is 20.6 Å². The lowest BCUT2D eigenvalue weighted by Crippen LogP contribution is -2.26. The maximum Gasteiger partial charge on any atom is 0.278 e. The van der Waals surface area contributed by atoms with Crippen LogP contribution in [0.15, 0.2) is 29.1 Å². The zero-order valence-corrected chi connectivity index (χ0v) is 11.5. The van der Waals surface area contributed by atoms with Gasteiger partial charge in [0.25, 0.3) is 5.56 Å². The van der Waals surface area contributed by atoms with Crippen LogP contribution in [-0.2, 0) is 0 Å². The largest absolute Gasteiger partial charge is 0.382 e. The molecular weight excluding hydrogens is 276 g/mol. The zero-order valence-electron chi connectivity index (χ0n) is 10.7. The van der Waals surface area contributed by atoms with Crippen LogP contribution in [-0.4, -0.2) is 15.1 Å². The molecule has 7 N–H and O–H groups in total. The third kappa shape index (κ3) is 3.23. The molecule has 8 heteroatoms. The fourth-order valence-electron chi connectivity index (χ4n) is 1.63. The summed E-state index contributed by atoms with van der Waals surface area (Å²) in [5.41, 5.74) is 12.5. The van der Waals surface area contributed by atoms with E-state index in [0.717, 1.165) is 11.3 Å². The molecule has 0 fully saturated rings. The van der Waals surface area contributed by atoms with E-state index in [1.807, 2.05) is 31.2 Å². The molecule has 104 valence electrons. The second-order valence-electron chi connectivity index (χ2n) is 4.16. The fourth-order valence-corrected chi connectivity index (χ4v) is 1.85. The Hall–Kier alpha value is -2.61. The minimum atomic E-state index is -0.483. The summed E-state index contributed by atoms with van der Waals surface area (Å²) in [5.74, 6) is -0.0600. The lowest BCUT2D eigenvalue weighted by Gasteiger charge is -2.11. The number of nitrogen functional groups attached to an aromatic ring is 2. The first-order valence-electron chi connectivity index (χ1n) is 5.75. The number of nitrogens with one attached hydrogen (secondary N) is 3. The SMILES string of the molecule is Cc1cccc(NC(=S)Nc2c(N)nc(N)[nH]c2=O)c1. The van der Waals surface area contributed by atoms with Crippen LogP contribution in [0, 0.1) is 6.92 Å². The standard InChI is InChI=1S/C12H14N6OS/c1-6-3-2-4-7(5-6)15-12(20)16-8-9(13)17-11(14)18-10(8)19/h2-5H,1H3,(H2,15,16,20)(H5,13,14,17,18,19). The number of H-pyrrole nitrogens is 1. The monoisotopic (exact) mass is 290 g/mol. The second kappa shape index (κ2) is 5.57. The number of aromatic amines is 1. The van der Waals surface area contributed by atoms with Crippen LogP contribution in [0.25, 0.3) is 0 Å². The Morgan fingerprint density at radius 3 is 2.75 bits per heavy atom. The van der Waals surface area contributed by atoms with Crippen molar-refractivity contribution in [2.45, 2.75) is 6.92 Å². The van der Waals surface area contributed by atoms with Crippen molar-refractivity contribution in [2.75, 3.05) is 22.1 Å². The minimum absolute atomic E-state index is 0.0142. The van der Waals surface area contributed by atoms with Gasteiger partial charge in [-0.3, -0.25) is 9.78 Å². The number of nitrogens with two attached hydrogens (primary N) is 2. The summed E-state index contributed by atoms with van der Waals surface area (Å²) < 4.78 is 0. The number of aryl methyl sites for hydroxylation is 1. The number of hydrogen-bond acceptors (Lipinski definition) is 5. The molecule has 0 aliphatic carbocycles. The van der Waals surface area contributed by atoms with Crippen molar-refractivity contribution in [3.05, 3.63) is 40.2 Å². The van der Waals surface area contributed by atoms with Gasteiger partial charge in [0.15, 0.2) is 10.9 Å². The van der Waals surface area contributed by atoms with E-state index >= 15 is 0 Å². The number of anilines is 4. The highest BCUT2D eigenvalue weighted by atomic mass is 32.1. The van der Waals surface area contributed by atoms with Gasteiger partial charge in [-0.2, -0.15) is 4.98 Å². The van der Waals surface area contributed by atoms with E-state index in [9.17, 15) is 4.79 Å². The average Bonchev–Trinajstić information content (AvgIpc) is 2.33. The van der Waals surface area contributed by atoms with E-state index in [0.29, 0.717) is 0 Å². The summed E-state index contributed by atoms with van der Waals surface area (Å²) in [4.78, 5) is 17.8. The van der Waals surface area contributed by atoms with Gasteiger partial charge in [-0.25, -0.2) is 0 Å². The van der Waals surface area contributed by atoms with E-state index in [-0.39, 0.29) is 22.6 Å². The number of thiocarbonyl (C=S) groups is 1. The average molecular weight is 290 g/mol. The Balaban J connectivity index is 2.15. The number of benzene rings is 1. The molecule has 0 spiro atoms. The molecule has 1 heterocycles. The molecule has 0 aliphatic heterocycles. The first kappa shape index (κ1) is 13.8. The van der Waals surface area contributed by atoms with Gasteiger partial charge in [0.05, 0.1) is 0 Å². The highest BCUT2D eigenvalue weighted by Crippen LogP contribution is 2.12. The molecule has 0 radical (unpaired) electrons. The number of aromatic nitrogens is 2. The zero-order chi connectivity index (χ0) is 14.7. The van der Waals surface area contributed by atoms with Crippen molar-refractivity contribution in [1.29, 1.82) is 0 Å². The number of nitrogens with zero attached hydrogens (tertiary/aromatic N) is 1. The van der Waals surface area contributed by atoms with E-state index < -0.39 is 5.56 Å². The fraction of sp³-hybridized carbons (Fsp3) is 0.0833. The lowest BCUT2D eigenvalue weighted by molar-refractivity contribution is 1.15. The summed E-state index contributed by atoms with van der Waals surface area (Å²) in [7, 11) is 0. The van der Waals surface area contributed by atoms with Crippen LogP contribution < -0.4 is 27.7 Å². The van der Waals surface area contributed by atoms with Gasteiger partial charge in [-0.1, -0.05) is 12.1 Å². The van der Waals surface area contributed by atoms with Crippen molar-refractivity contribution in [1.82, 2.24) is 9.97 Å². The van der Waals surface area contributed by atoms with Gasteiger partial charge in [0, 0.05) is 5.69 Å². The molecule has 7 nitrogen and oxygen atoms in total. The van der Waals surface area contributed by atoms with E-state index in [4.69, 9.17) is 23.7 Å². The summed E-state index contributed by atoms with van der Waals surface area (Å²) >= 11 is 5.12. The molecule has 0 unspecified atom stereocenters. The molecule has 0 saturated heterocycles. The summed E-state index contributed by atoms with van der Waals surface area (Å²) in [5, 5.41) is 5.90. The van der Waals surface area contributed by atoms with Gasteiger partial charge in [-0.15, -0.1) is 0 Å². The van der Waals surface area contributed by atoms with Crippen molar-refractivity contribution < 1.29 is 0 Å². The summed E-state index contributed by atoms with van der Waals surface area (Å²) in [6.07, 6.45) is 0. The Kier molecular flexibility index (Phi) is 3.85. The van der Waals surface area contributed by atoms with Crippen LogP contribution in [0.4, 0.5) is 23.1 Å². The Labute approximate surface area is 120 Å². The Morgan fingerprint density at radius 2 is 2.10 bits per heavy atom. The highest BCUT2D eigenvalue weighted by Gasteiger charge is 2.09. The van der Waals surface area contributed by atoms with Crippen LogP contribution >= 0.6 is 12.2 Å². The first-order chi connectivity index (χ1) is 9.45. The summed E-state index contributed by atoms with van der Waals surface area (Å²) in [6, 6.07) is 7.64. The predicted molar refractivity (Wildman–Crippen MR) is 84.7 cm³/mol. The molecule has 0 aliphatic rings. The normalized spacial score (nSPS) is 10.1. The lowest BCUT2D eigenvalue weighted by atomic mass is 10.2. The van der Waals surface area contributed by atoms with Crippen molar-refractivity contribution in [3.63, 3.8) is 0 Å². The van der Waals surface area contributed by atoms with Crippen molar-refractivity contribution >= 4 is 40.5 Å². The minimum Gasteiger partial charge on any atom is -0.382 e. The molecule has 1 aromatic heterocycles. The van der Waals surface area contributed by atoms with Crippen molar-refractivity contribution in [2.24, 2.45) is 0 Å². The molecule has 0 bridgehead atoms. The smallest absolute Gasteiger partial charge is 0.278 e. The molecule has 0 amide bonds. The topological polar surface area (TPSA) is 122 Å². The van der Waals surface area contributed by atoms with Crippen molar-refractivity contribution in [3.8, 4) is 0 Å².